The number of nitrogens with zero attached hydrogens (tertiary/aromatic N) is 1. The van der Waals surface area contributed by atoms with E-state index in [0.717, 1.165) is 10.5 Å². The van der Waals surface area contributed by atoms with E-state index in [9.17, 15) is 14.4 Å². The Kier molecular flexibility index (Phi) is 7.09. The lowest BCUT2D eigenvalue weighted by Gasteiger charge is -2.30. The molecule has 4 N–H and O–H groups in total. The summed E-state index contributed by atoms with van der Waals surface area (Å²) in [5.41, 5.74) is 7.25. The van der Waals surface area contributed by atoms with Gasteiger partial charge >= 0.3 is 0 Å². The van der Waals surface area contributed by atoms with Crippen molar-refractivity contribution in [3.8, 4) is 0 Å². The SMILES string of the molecule is CC1C(C(=O)N(C=O)c2cc(Cl)cc(Cl)c2)C(Cc2ccc(N)cc2)NC12C(=O)Nc1c(Cl)cc(Cl)cc12. The van der Waals surface area contributed by atoms with Gasteiger partial charge in [0.15, 0.2) is 0 Å². The van der Waals surface area contributed by atoms with Gasteiger partial charge in [0.1, 0.15) is 5.54 Å². The molecule has 3 aromatic carbocycles. The van der Waals surface area contributed by atoms with Crippen molar-refractivity contribution < 1.29 is 14.4 Å². The third-order valence-corrected chi connectivity index (χ3v) is 8.29. The molecule has 1 spiro atoms. The van der Waals surface area contributed by atoms with E-state index in [1.165, 1.54) is 18.2 Å². The van der Waals surface area contributed by atoms with Gasteiger partial charge in [0, 0.05) is 38.3 Å². The highest BCUT2D eigenvalue weighted by Gasteiger charge is 2.62. The number of carbonyl (C=O) groups is 3. The summed E-state index contributed by atoms with van der Waals surface area (Å²) in [6, 6.07) is 14.4. The van der Waals surface area contributed by atoms with Crippen LogP contribution < -0.4 is 21.3 Å². The van der Waals surface area contributed by atoms with E-state index in [4.69, 9.17) is 52.1 Å². The molecule has 0 bridgehead atoms. The van der Waals surface area contributed by atoms with Crippen LogP contribution in [-0.4, -0.2) is 24.3 Å². The minimum Gasteiger partial charge on any atom is -0.399 e. The van der Waals surface area contributed by atoms with E-state index in [1.807, 2.05) is 12.1 Å². The molecular formula is C27H22Cl4N4O3. The van der Waals surface area contributed by atoms with Crippen LogP contribution in [0.25, 0.3) is 0 Å². The van der Waals surface area contributed by atoms with Gasteiger partial charge in [0.05, 0.1) is 22.3 Å². The molecule has 0 saturated carbocycles. The molecule has 3 amide bonds. The zero-order valence-corrected chi connectivity index (χ0v) is 23.0. The Morgan fingerprint density at radius 3 is 2.29 bits per heavy atom. The average molecular weight is 592 g/mol. The molecule has 0 aromatic heterocycles. The van der Waals surface area contributed by atoms with E-state index < -0.39 is 29.3 Å². The zero-order chi connectivity index (χ0) is 27.4. The molecule has 0 aliphatic carbocycles. The maximum atomic E-state index is 14.1. The van der Waals surface area contributed by atoms with Crippen molar-refractivity contribution in [1.29, 1.82) is 0 Å². The van der Waals surface area contributed by atoms with E-state index >= 15 is 0 Å². The standard InChI is InChI=1S/C27H22Cl4N4O3/c1-13-23(25(37)35(12-36)19-8-15(28)7-16(29)9-19)22(6-14-2-4-18(32)5-3-14)34-27(13)20-10-17(30)11-21(31)24(20)33-26(27)38/h2-5,7-13,22-23,34H,6,32H2,1H3,(H,33,38). The van der Waals surface area contributed by atoms with Gasteiger partial charge in [-0.15, -0.1) is 0 Å². The molecule has 4 unspecified atom stereocenters. The van der Waals surface area contributed by atoms with Crippen molar-refractivity contribution in [3.05, 3.63) is 85.8 Å². The van der Waals surface area contributed by atoms with Gasteiger partial charge in [-0.05, 0) is 54.4 Å². The molecule has 196 valence electrons. The number of anilines is 3. The van der Waals surface area contributed by atoms with Crippen molar-refractivity contribution in [3.63, 3.8) is 0 Å². The third kappa shape index (κ3) is 4.42. The highest BCUT2D eigenvalue weighted by Crippen LogP contribution is 2.52. The summed E-state index contributed by atoms with van der Waals surface area (Å²) >= 11 is 25.1. The number of nitrogens with one attached hydrogen (secondary N) is 2. The molecule has 1 saturated heterocycles. The normalized spacial score (nSPS) is 23.8. The first-order valence-electron chi connectivity index (χ1n) is 11.7. The van der Waals surface area contributed by atoms with Crippen LogP contribution in [0.2, 0.25) is 20.1 Å². The van der Waals surface area contributed by atoms with Gasteiger partial charge in [0.2, 0.25) is 18.2 Å². The Bertz CT molecular complexity index is 1450. The molecule has 5 rings (SSSR count). The van der Waals surface area contributed by atoms with Gasteiger partial charge in [-0.25, -0.2) is 0 Å². The summed E-state index contributed by atoms with van der Waals surface area (Å²) in [6.45, 7) is 1.80. The number of halogens is 4. The summed E-state index contributed by atoms with van der Waals surface area (Å²) < 4.78 is 0. The lowest BCUT2D eigenvalue weighted by molar-refractivity contribution is -0.127. The maximum Gasteiger partial charge on any atom is 0.249 e. The topological polar surface area (TPSA) is 105 Å². The van der Waals surface area contributed by atoms with Crippen LogP contribution >= 0.6 is 46.4 Å². The zero-order valence-electron chi connectivity index (χ0n) is 20.0. The van der Waals surface area contributed by atoms with Gasteiger partial charge in [-0.1, -0.05) is 65.5 Å². The van der Waals surface area contributed by atoms with Crippen LogP contribution in [0.3, 0.4) is 0 Å². The number of nitrogen functional groups attached to an aromatic ring is 1. The lowest BCUT2D eigenvalue weighted by Crippen LogP contribution is -2.49. The molecular weight excluding hydrogens is 570 g/mol. The fourth-order valence-electron chi connectivity index (χ4n) is 5.62. The number of benzene rings is 3. The molecule has 38 heavy (non-hydrogen) atoms. The Labute approximate surface area is 239 Å². The lowest BCUT2D eigenvalue weighted by atomic mass is 9.75. The molecule has 11 heteroatoms. The molecule has 7 nitrogen and oxygen atoms in total. The van der Waals surface area contributed by atoms with Gasteiger partial charge in [-0.2, -0.15) is 0 Å². The fourth-order valence-corrected chi connectivity index (χ4v) is 6.68. The molecule has 3 aromatic rings. The van der Waals surface area contributed by atoms with E-state index in [2.05, 4.69) is 10.6 Å². The summed E-state index contributed by atoms with van der Waals surface area (Å²) in [6.07, 6.45) is 0.807. The number of hydrogen-bond acceptors (Lipinski definition) is 5. The molecule has 0 radical (unpaired) electrons. The number of imide groups is 1. The molecule has 4 atom stereocenters. The predicted molar refractivity (Wildman–Crippen MR) is 151 cm³/mol. The monoisotopic (exact) mass is 590 g/mol. The number of amides is 3. The van der Waals surface area contributed by atoms with Crippen molar-refractivity contribution in [2.24, 2.45) is 11.8 Å². The average Bonchev–Trinajstić information content (AvgIpc) is 3.29. The van der Waals surface area contributed by atoms with Crippen molar-refractivity contribution in [1.82, 2.24) is 5.32 Å². The number of rotatable bonds is 5. The Balaban J connectivity index is 1.62. The Morgan fingerprint density at radius 1 is 1.03 bits per heavy atom. The van der Waals surface area contributed by atoms with Crippen LogP contribution in [0.4, 0.5) is 17.1 Å². The smallest absolute Gasteiger partial charge is 0.249 e. The second kappa shape index (κ2) is 10.1. The number of carbonyl (C=O) groups excluding carboxylic acids is 3. The van der Waals surface area contributed by atoms with Gasteiger partial charge in [0.25, 0.3) is 0 Å². The summed E-state index contributed by atoms with van der Waals surface area (Å²) in [4.78, 5) is 41.0. The fraction of sp³-hybridized carbons (Fsp3) is 0.222. The van der Waals surface area contributed by atoms with Crippen LogP contribution in [-0.2, 0) is 26.3 Å². The van der Waals surface area contributed by atoms with Crippen LogP contribution in [0.15, 0.2) is 54.6 Å². The van der Waals surface area contributed by atoms with Gasteiger partial charge in [-0.3, -0.25) is 24.6 Å². The van der Waals surface area contributed by atoms with Crippen LogP contribution in [0.5, 0.6) is 0 Å². The first kappa shape index (κ1) is 26.8. The number of hydrogen-bond donors (Lipinski definition) is 3. The summed E-state index contributed by atoms with van der Waals surface area (Å²) in [5.74, 6) is -2.29. The highest BCUT2D eigenvalue weighted by molar-refractivity contribution is 6.38. The van der Waals surface area contributed by atoms with Crippen LogP contribution in [0.1, 0.15) is 18.1 Å². The van der Waals surface area contributed by atoms with Gasteiger partial charge < -0.3 is 11.1 Å². The predicted octanol–water partition coefficient (Wildman–Crippen LogP) is 5.69. The molecule has 2 heterocycles. The Morgan fingerprint density at radius 2 is 1.66 bits per heavy atom. The first-order valence-corrected chi connectivity index (χ1v) is 13.2. The van der Waals surface area contributed by atoms with Crippen molar-refractivity contribution in [2.45, 2.75) is 24.9 Å². The summed E-state index contributed by atoms with van der Waals surface area (Å²) in [5, 5.41) is 7.49. The number of fused-ring (bicyclic) bond motifs is 2. The van der Waals surface area contributed by atoms with E-state index in [-0.39, 0.29) is 21.6 Å². The first-order chi connectivity index (χ1) is 18.0. The van der Waals surface area contributed by atoms with Crippen molar-refractivity contribution in [2.75, 3.05) is 16.0 Å². The minimum atomic E-state index is -1.32. The minimum absolute atomic E-state index is 0.226. The quantitative estimate of drug-likeness (QED) is 0.261. The maximum absolute atomic E-state index is 14.1. The van der Waals surface area contributed by atoms with E-state index in [0.29, 0.717) is 39.8 Å². The second-order valence-corrected chi connectivity index (χ2v) is 11.2. The number of nitrogens with two attached hydrogens (primary N) is 1. The highest BCUT2D eigenvalue weighted by atomic mass is 35.5. The Hall–Kier alpha value is -2.81. The second-order valence-electron chi connectivity index (χ2n) is 9.52. The van der Waals surface area contributed by atoms with Crippen molar-refractivity contribution >= 4 is 81.7 Å². The van der Waals surface area contributed by atoms with Crippen LogP contribution in [0, 0.1) is 11.8 Å². The van der Waals surface area contributed by atoms with E-state index in [1.54, 1.807) is 31.2 Å². The third-order valence-electron chi connectivity index (χ3n) is 7.33. The molecule has 1 fully saturated rings. The molecule has 2 aliphatic heterocycles. The molecule has 2 aliphatic rings. The summed E-state index contributed by atoms with van der Waals surface area (Å²) in [7, 11) is 0. The largest absolute Gasteiger partial charge is 0.399 e.